The summed E-state index contributed by atoms with van der Waals surface area (Å²) in [4.78, 5) is 36.0. The first-order chi connectivity index (χ1) is 12.4. The van der Waals surface area contributed by atoms with E-state index in [4.69, 9.17) is 4.74 Å². The minimum Gasteiger partial charge on any atom is -0.452 e. The number of carbonyl (C=O) groups excluding carboxylic acids is 3. The first kappa shape index (κ1) is 19.4. The number of hydrogen-bond donors (Lipinski definition) is 1. The Balaban J connectivity index is 1.91. The quantitative estimate of drug-likeness (QED) is 0.777. The molecule has 2 aromatic carbocycles. The molecule has 2 aromatic rings. The summed E-state index contributed by atoms with van der Waals surface area (Å²) in [6.45, 7) is 4.75. The molecule has 0 fully saturated rings. The topological polar surface area (TPSA) is 72.5 Å². The van der Waals surface area contributed by atoms with Crippen LogP contribution in [-0.4, -0.2) is 30.3 Å². The number of amides is 1. The molecule has 0 aromatic heterocycles. The van der Waals surface area contributed by atoms with Gasteiger partial charge in [0.05, 0.1) is 11.6 Å². The molecule has 136 valence electrons. The highest BCUT2D eigenvalue weighted by atomic mass is 16.5. The second-order valence-corrected chi connectivity index (χ2v) is 6.31. The average Bonchev–Trinajstić information content (AvgIpc) is 2.60. The van der Waals surface area contributed by atoms with Gasteiger partial charge in [-0.2, -0.15) is 0 Å². The number of hydrogen-bond acceptors (Lipinski definition) is 4. The number of benzene rings is 2. The molecule has 0 aliphatic heterocycles. The zero-order chi connectivity index (χ0) is 19.1. The molecule has 0 unspecified atom stereocenters. The third-order valence-corrected chi connectivity index (χ3v) is 4.04. The van der Waals surface area contributed by atoms with Crippen LogP contribution in [0.25, 0.3) is 0 Å². The Morgan fingerprint density at radius 3 is 2.35 bits per heavy atom. The Hall–Kier alpha value is -2.95. The van der Waals surface area contributed by atoms with Crippen molar-refractivity contribution in [3.05, 3.63) is 70.8 Å². The molecule has 5 heteroatoms. The lowest BCUT2D eigenvalue weighted by molar-refractivity contribution is -0.128. The summed E-state index contributed by atoms with van der Waals surface area (Å²) in [5.41, 5.74) is 3.21. The van der Waals surface area contributed by atoms with Crippen LogP contribution in [0.3, 0.4) is 0 Å². The number of ether oxygens (including phenoxy) is 1. The molecule has 1 amide bonds. The van der Waals surface area contributed by atoms with E-state index in [2.05, 4.69) is 5.32 Å². The summed E-state index contributed by atoms with van der Waals surface area (Å²) in [5.74, 6) is -1.21. The molecule has 0 aliphatic rings. The number of nitrogens with one attached hydrogen (secondary N) is 1. The van der Waals surface area contributed by atoms with Crippen LogP contribution in [0.2, 0.25) is 0 Å². The van der Waals surface area contributed by atoms with Crippen molar-refractivity contribution < 1.29 is 19.1 Å². The standard InChI is InChI=1S/C21H23NO4/c1-14-9-10-18(15(2)11-14)21(25)26-13-20(24)22-19(16(3)23)12-17-7-5-4-6-8-17/h4-11,19H,12-13H2,1-3H3,(H,22,24)/t19-/m0/s1. The van der Waals surface area contributed by atoms with E-state index in [1.807, 2.05) is 56.3 Å². The Morgan fingerprint density at radius 1 is 1.04 bits per heavy atom. The molecular formula is C21H23NO4. The van der Waals surface area contributed by atoms with Crippen LogP contribution >= 0.6 is 0 Å². The first-order valence-electron chi connectivity index (χ1n) is 8.45. The van der Waals surface area contributed by atoms with Gasteiger partial charge in [-0.25, -0.2) is 4.79 Å². The predicted molar refractivity (Wildman–Crippen MR) is 99.0 cm³/mol. The molecule has 1 atom stereocenters. The van der Waals surface area contributed by atoms with E-state index in [1.54, 1.807) is 6.07 Å². The first-order valence-corrected chi connectivity index (χ1v) is 8.45. The highest BCUT2D eigenvalue weighted by molar-refractivity contribution is 5.93. The van der Waals surface area contributed by atoms with Crippen molar-refractivity contribution in [1.29, 1.82) is 0 Å². The van der Waals surface area contributed by atoms with Gasteiger partial charge in [0.15, 0.2) is 12.4 Å². The van der Waals surface area contributed by atoms with E-state index < -0.39 is 24.5 Å². The maximum atomic E-state index is 12.1. The van der Waals surface area contributed by atoms with Crippen LogP contribution in [0.15, 0.2) is 48.5 Å². The molecule has 0 heterocycles. The van der Waals surface area contributed by atoms with E-state index in [0.717, 1.165) is 16.7 Å². The lowest BCUT2D eigenvalue weighted by Crippen LogP contribution is -2.43. The maximum Gasteiger partial charge on any atom is 0.338 e. The van der Waals surface area contributed by atoms with E-state index in [1.165, 1.54) is 6.92 Å². The Kier molecular flexibility index (Phi) is 6.67. The summed E-state index contributed by atoms with van der Waals surface area (Å²) in [7, 11) is 0. The maximum absolute atomic E-state index is 12.1. The molecule has 0 aliphatic carbocycles. The monoisotopic (exact) mass is 353 g/mol. The number of rotatable bonds is 7. The average molecular weight is 353 g/mol. The van der Waals surface area contributed by atoms with Gasteiger partial charge in [0, 0.05) is 0 Å². The van der Waals surface area contributed by atoms with E-state index >= 15 is 0 Å². The van der Waals surface area contributed by atoms with Gasteiger partial charge < -0.3 is 10.1 Å². The van der Waals surface area contributed by atoms with Gasteiger partial charge in [-0.15, -0.1) is 0 Å². The van der Waals surface area contributed by atoms with Gasteiger partial charge in [0.1, 0.15) is 0 Å². The Morgan fingerprint density at radius 2 is 1.73 bits per heavy atom. The summed E-state index contributed by atoms with van der Waals surface area (Å²) in [5, 5.41) is 2.63. The smallest absolute Gasteiger partial charge is 0.338 e. The van der Waals surface area contributed by atoms with Gasteiger partial charge in [-0.3, -0.25) is 9.59 Å². The second kappa shape index (κ2) is 8.94. The number of esters is 1. The van der Waals surface area contributed by atoms with Crippen molar-refractivity contribution in [2.45, 2.75) is 33.2 Å². The lowest BCUT2D eigenvalue weighted by Gasteiger charge is -2.16. The van der Waals surface area contributed by atoms with E-state index in [0.29, 0.717) is 12.0 Å². The normalized spacial score (nSPS) is 11.5. The van der Waals surface area contributed by atoms with Crippen molar-refractivity contribution in [3.8, 4) is 0 Å². The highest BCUT2D eigenvalue weighted by Crippen LogP contribution is 2.11. The predicted octanol–water partition coefficient (Wildman–Crippen LogP) is 2.78. The van der Waals surface area contributed by atoms with Crippen molar-refractivity contribution in [2.75, 3.05) is 6.61 Å². The van der Waals surface area contributed by atoms with E-state index in [-0.39, 0.29) is 5.78 Å². The van der Waals surface area contributed by atoms with Gasteiger partial charge in [0.2, 0.25) is 0 Å². The fourth-order valence-corrected chi connectivity index (χ4v) is 2.63. The molecule has 5 nitrogen and oxygen atoms in total. The fraction of sp³-hybridized carbons (Fsp3) is 0.286. The van der Waals surface area contributed by atoms with Crippen LogP contribution in [0, 0.1) is 13.8 Å². The highest BCUT2D eigenvalue weighted by Gasteiger charge is 2.19. The van der Waals surface area contributed by atoms with E-state index in [9.17, 15) is 14.4 Å². The van der Waals surface area contributed by atoms with Gasteiger partial charge in [-0.1, -0.05) is 48.0 Å². The molecule has 0 bridgehead atoms. The minimum absolute atomic E-state index is 0.150. The van der Waals surface area contributed by atoms with Crippen molar-refractivity contribution in [3.63, 3.8) is 0 Å². The van der Waals surface area contributed by atoms with Crippen molar-refractivity contribution >= 4 is 17.7 Å². The third kappa shape index (κ3) is 5.55. The van der Waals surface area contributed by atoms with Crippen molar-refractivity contribution in [1.82, 2.24) is 5.32 Å². The number of aryl methyl sites for hydroxylation is 2. The number of carbonyl (C=O) groups is 3. The second-order valence-electron chi connectivity index (χ2n) is 6.31. The molecule has 0 saturated heterocycles. The van der Waals surface area contributed by atoms with Crippen LogP contribution < -0.4 is 5.32 Å². The molecule has 0 saturated carbocycles. The summed E-state index contributed by atoms with van der Waals surface area (Å²) < 4.78 is 5.08. The van der Waals surface area contributed by atoms with Crippen LogP contribution in [-0.2, 0) is 20.7 Å². The number of Topliss-reactive ketones (excluding diaryl/α,β-unsaturated/α-hetero) is 1. The van der Waals surface area contributed by atoms with Crippen LogP contribution in [0.1, 0.15) is 34.0 Å². The van der Waals surface area contributed by atoms with Gasteiger partial charge in [0.25, 0.3) is 5.91 Å². The van der Waals surface area contributed by atoms with Crippen molar-refractivity contribution in [2.24, 2.45) is 0 Å². The zero-order valence-electron chi connectivity index (χ0n) is 15.2. The summed E-state index contributed by atoms with van der Waals surface area (Å²) in [6, 6.07) is 14.1. The third-order valence-electron chi connectivity index (χ3n) is 4.04. The molecule has 1 N–H and O–H groups in total. The largest absolute Gasteiger partial charge is 0.452 e. The minimum atomic E-state index is -0.648. The molecule has 26 heavy (non-hydrogen) atoms. The van der Waals surface area contributed by atoms with Gasteiger partial charge >= 0.3 is 5.97 Å². The number of ketones is 1. The Bertz CT molecular complexity index is 799. The summed E-state index contributed by atoms with van der Waals surface area (Å²) in [6.07, 6.45) is 0.396. The SMILES string of the molecule is CC(=O)[C@H](Cc1ccccc1)NC(=O)COC(=O)c1ccc(C)cc1C. The molecule has 0 spiro atoms. The van der Waals surface area contributed by atoms with Crippen LogP contribution in [0.5, 0.6) is 0 Å². The summed E-state index contributed by atoms with van der Waals surface area (Å²) >= 11 is 0. The fourth-order valence-electron chi connectivity index (χ4n) is 2.63. The lowest BCUT2D eigenvalue weighted by atomic mass is 10.0. The van der Waals surface area contributed by atoms with Gasteiger partial charge in [-0.05, 0) is 44.4 Å². The Labute approximate surface area is 153 Å². The molecule has 0 radical (unpaired) electrons. The molecule has 2 rings (SSSR count). The molecular weight excluding hydrogens is 330 g/mol. The zero-order valence-corrected chi connectivity index (χ0v) is 15.2. The van der Waals surface area contributed by atoms with Crippen LogP contribution in [0.4, 0.5) is 0 Å².